The molecule has 0 saturated carbocycles. The van der Waals surface area contributed by atoms with Crippen LogP contribution in [-0.2, 0) is 0 Å². The van der Waals surface area contributed by atoms with E-state index in [0.29, 0.717) is 17.0 Å². The van der Waals surface area contributed by atoms with Gasteiger partial charge in [-0.1, -0.05) is 44.2 Å². The number of hydrogen-bond acceptors (Lipinski definition) is 4. The van der Waals surface area contributed by atoms with E-state index in [4.69, 9.17) is 4.74 Å². The quantitative estimate of drug-likeness (QED) is 0.673. The molecular formula is C17H19NO4. The van der Waals surface area contributed by atoms with Crippen molar-refractivity contribution < 1.29 is 14.8 Å². The Morgan fingerprint density at radius 1 is 1.05 bits per heavy atom. The van der Waals surface area contributed by atoms with Crippen molar-refractivity contribution in [2.24, 2.45) is 0 Å². The summed E-state index contributed by atoms with van der Waals surface area (Å²) >= 11 is 0. The van der Waals surface area contributed by atoms with Crippen molar-refractivity contribution in [3.63, 3.8) is 0 Å². The minimum Gasteiger partial charge on any atom is -0.490 e. The number of ether oxygens (including phenoxy) is 1. The second-order valence-corrected chi connectivity index (χ2v) is 5.41. The molecule has 2 aromatic rings. The molecule has 0 aliphatic rings. The lowest BCUT2D eigenvalue weighted by Crippen LogP contribution is -2.02. The first-order chi connectivity index (χ1) is 10.4. The Morgan fingerprint density at radius 3 is 2.09 bits per heavy atom. The summed E-state index contributed by atoms with van der Waals surface area (Å²) in [6, 6.07) is 12.1. The molecule has 0 amide bonds. The fourth-order valence-corrected chi connectivity index (χ4v) is 2.28. The molecule has 116 valence electrons. The number of hydrogen-bond donors (Lipinski definition) is 1. The van der Waals surface area contributed by atoms with Crippen LogP contribution in [0.15, 0.2) is 42.5 Å². The molecule has 0 radical (unpaired) electrons. The van der Waals surface area contributed by atoms with E-state index in [1.165, 1.54) is 24.8 Å². The highest BCUT2D eigenvalue weighted by molar-refractivity contribution is 5.50. The minimum atomic E-state index is -0.911. The third-order valence-corrected chi connectivity index (χ3v) is 3.63. The van der Waals surface area contributed by atoms with E-state index < -0.39 is 11.0 Å². The second kappa shape index (κ2) is 6.58. The van der Waals surface area contributed by atoms with Crippen LogP contribution in [0.1, 0.15) is 42.6 Å². The lowest BCUT2D eigenvalue weighted by Gasteiger charge is -2.14. The van der Waals surface area contributed by atoms with Crippen molar-refractivity contribution in [3.8, 4) is 5.75 Å². The molecule has 0 heterocycles. The average Bonchev–Trinajstić information content (AvgIpc) is 2.53. The van der Waals surface area contributed by atoms with E-state index in [0.717, 1.165) is 0 Å². The SMILES string of the molecule is COc1ccc([C@@H](O)c2ccc(C(C)C)cc2)cc1[N+](=O)[O-]. The summed E-state index contributed by atoms with van der Waals surface area (Å²) in [6.45, 7) is 4.19. The third kappa shape index (κ3) is 3.26. The number of benzene rings is 2. The number of aliphatic hydroxyl groups is 1. The van der Waals surface area contributed by atoms with Crippen molar-refractivity contribution in [3.05, 3.63) is 69.3 Å². The summed E-state index contributed by atoms with van der Waals surface area (Å²) in [5.74, 6) is 0.587. The number of nitro benzene ring substituents is 1. The minimum absolute atomic E-state index is 0.155. The molecule has 0 aliphatic carbocycles. The first-order valence-corrected chi connectivity index (χ1v) is 7.04. The molecular weight excluding hydrogens is 282 g/mol. The van der Waals surface area contributed by atoms with Crippen molar-refractivity contribution in [1.82, 2.24) is 0 Å². The fourth-order valence-electron chi connectivity index (χ4n) is 2.28. The van der Waals surface area contributed by atoms with E-state index in [-0.39, 0.29) is 11.4 Å². The lowest BCUT2D eigenvalue weighted by atomic mass is 9.97. The Kier molecular flexibility index (Phi) is 4.78. The van der Waals surface area contributed by atoms with Crippen LogP contribution in [-0.4, -0.2) is 17.1 Å². The predicted octanol–water partition coefficient (Wildman–Crippen LogP) is 3.81. The largest absolute Gasteiger partial charge is 0.490 e. The van der Waals surface area contributed by atoms with Gasteiger partial charge in [-0.3, -0.25) is 10.1 Å². The fraction of sp³-hybridized carbons (Fsp3) is 0.294. The number of nitro groups is 1. The Morgan fingerprint density at radius 2 is 1.59 bits per heavy atom. The molecule has 22 heavy (non-hydrogen) atoms. The molecule has 2 aromatic carbocycles. The zero-order valence-electron chi connectivity index (χ0n) is 12.8. The van der Waals surface area contributed by atoms with Gasteiger partial charge in [-0.25, -0.2) is 0 Å². The van der Waals surface area contributed by atoms with Crippen LogP contribution in [0.3, 0.4) is 0 Å². The Balaban J connectivity index is 2.34. The molecule has 1 atom stereocenters. The van der Waals surface area contributed by atoms with Crippen LogP contribution < -0.4 is 4.74 Å². The Labute approximate surface area is 129 Å². The molecule has 0 unspecified atom stereocenters. The average molecular weight is 301 g/mol. The van der Waals surface area contributed by atoms with Crippen LogP contribution >= 0.6 is 0 Å². The maximum Gasteiger partial charge on any atom is 0.311 e. The highest BCUT2D eigenvalue weighted by Gasteiger charge is 2.19. The topological polar surface area (TPSA) is 72.6 Å². The van der Waals surface area contributed by atoms with E-state index >= 15 is 0 Å². The summed E-state index contributed by atoms with van der Waals surface area (Å²) in [4.78, 5) is 10.5. The van der Waals surface area contributed by atoms with Crippen LogP contribution in [0.5, 0.6) is 5.75 Å². The zero-order valence-corrected chi connectivity index (χ0v) is 12.8. The smallest absolute Gasteiger partial charge is 0.311 e. The normalized spacial score (nSPS) is 12.2. The monoisotopic (exact) mass is 301 g/mol. The van der Waals surface area contributed by atoms with Crippen molar-refractivity contribution >= 4 is 5.69 Å². The maximum atomic E-state index is 11.1. The zero-order chi connectivity index (χ0) is 16.3. The summed E-state index contributed by atoms with van der Waals surface area (Å²) in [5.41, 5.74) is 2.18. The number of methoxy groups -OCH3 is 1. The molecule has 0 spiro atoms. The maximum absolute atomic E-state index is 11.1. The Hall–Kier alpha value is -2.40. The summed E-state index contributed by atoms with van der Waals surface area (Å²) in [5, 5.41) is 21.5. The first kappa shape index (κ1) is 16.0. The van der Waals surface area contributed by atoms with Gasteiger partial charge in [0.15, 0.2) is 5.75 Å². The van der Waals surface area contributed by atoms with Gasteiger partial charge in [0.2, 0.25) is 0 Å². The van der Waals surface area contributed by atoms with Crippen LogP contribution in [0, 0.1) is 10.1 Å². The van der Waals surface area contributed by atoms with Crippen LogP contribution in [0.2, 0.25) is 0 Å². The van der Waals surface area contributed by atoms with Crippen molar-refractivity contribution in [2.45, 2.75) is 25.9 Å². The molecule has 0 aromatic heterocycles. The highest BCUT2D eigenvalue weighted by atomic mass is 16.6. The van der Waals surface area contributed by atoms with E-state index in [1.54, 1.807) is 6.07 Å². The van der Waals surface area contributed by atoms with Gasteiger partial charge in [-0.15, -0.1) is 0 Å². The van der Waals surface area contributed by atoms with E-state index in [2.05, 4.69) is 13.8 Å². The molecule has 5 nitrogen and oxygen atoms in total. The van der Waals surface area contributed by atoms with E-state index in [1.807, 2.05) is 24.3 Å². The third-order valence-electron chi connectivity index (χ3n) is 3.63. The molecule has 0 saturated heterocycles. The molecule has 5 heteroatoms. The number of nitrogens with zero attached hydrogens (tertiary/aromatic N) is 1. The van der Waals surface area contributed by atoms with Gasteiger partial charge < -0.3 is 9.84 Å². The molecule has 0 fully saturated rings. The van der Waals surface area contributed by atoms with Crippen LogP contribution in [0.4, 0.5) is 5.69 Å². The van der Waals surface area contributed by atoms with Gasteiger partial charge in [-0.05, 0) is 28.7 Å². The van der Waals surface area contributed by atoms with Gasteiger partial charge in [-0.2, -0.15) is 0 Å². The molecule has 0 bridgehead atoms. The van der Waals surface area contributed by atoms with Crippen molar-refractivity contribution in [1.29, 1.82) is 0 Å². The molecule has 1 N–H and O–H groups in total. The Bertz CT molecular complexity index is 665. The van der Waals surface area contributed by atoms with Gasteiger partial charge in [0, 0.05) is 6.07 Å². The number of rotatable bonds is 5. The standard InChI is InChI=1S/C17H19NO4/c1-11(2)12-4-6-13(7-5-12)17(19)14-8-9-16(22-3)15(10-14)18(20)21/h4-11,17,19H,1-3H3/t17-/m0/s1. The van der Waals surface area contributed by atoms with Crippen LogP contribution in [0.25, 0.3) is 0 Å². The molecule has 2 rings (SSSR count). The number of aliphatic hydroxyl groups excluding tert-OH is 1. The summed E-state index contributed by atoms with van der Waals surface area (Å²) < 4.78 is 4.97. The van der Waals surface area contributed by atoms with Gasteiger partial charge in [0.25, 0.3) is 0 Å². The highest BCUT2D eigenvalue weighted by Crippen LogP contribution is 2.32. The van der Waals surface area contributed by atoms with Gasteiger partial charge in [0.1, 0.15) is 6.10 Å². The summed E-state index contributed by atoms with van der Waals surface area (Å²) in [7, 11) is 1.38. The summed E-state index contributed by atoms with van der Waals surface area (Å²) in [6.07, 6.45) is -0.911. The van der Waals surface area contributed by atoms with E-state index in [9.17, 15) is 15.2 Å². The molecule has 0 aliphatic heterocycles. The van der Waals surface area contributed by atoms with Gasteiger partial charge in [0.05, 0.1) is 12.0 Å². The predicted molar refractivity (Wildman–Crippen MR) is 84.2 cm³/mol. The lowest BCUT2D eigenvalue weighted by molar-refractivity contribution is -0.385. The van der Waals surface area contributed by atoms with Crippen molar-refractivity contribution in [2.75, 3.05) is 7.11 Å². The van der Waals surface area contributed by atoms with Gasteiger partial charge >= 0.3 is 5.69 Å². The first-order valence-electron chi connectivity index (χ1n) is 7.04. The second-order valence-electron chi connectivity index (χ2n) is 5.41.